The molecule has 0 aliphatic carbocycles. The number of rotatable bonds is 3. The van der Waals surface area contributed by atoms with E-state index >= 15 is 0 Å². The molecule has 1 N–H and O–H groups in total. The van der Waals surface area contributed by atoms with Gasteiger partial charge in [-0.1, -0.05) is 11.2 Å². The molecule has 0 radical (unpaired) electrons. The number of hydrogen-bond acceptors (Lipinski definition) is 5. The number of hydrogen-bond donors (Lipinski definition) is 1. The zero-order valence-corrected chi connectivity index (χ0v) is 10.9. The fourth-order valence-electron chi connectivity index (χ4n) is 1.99. The van der Waals surface area contributed by atoms with Gasteiger partial charge >= 0.3 is 0 Å². The molecule has 0 aromatic carbocycles. The number of thiophene rings is 1. The number of nitrogens with zero attached hydrogens (tertiary/aromatic N) is 2. The highest BCUT2D eigenvalue weighted by molar-refractivity contribution is 7.13. The van der Waals surface area contributed by atoms with Gasteiger partial charge in [0.2, 0.25) is 11.7 Å². The summed E-state index contributed by atoms with van der Waals surface area (Å²) < 4.78 is 5.26. The van der Waals surface area contributed by atoms with Crippen LogP contribution in [0.25, 0.3) is 10.7 Å². The maximum absolute atomic E-state index is 5.26. The first-order chi connectivity index (χ1) is 7.92. The highest BCUT2D eigenvalue weighted by Gasteiger charge is 2.18. The Morgan fingerprint density at radius 3 is 3.18 bits per heavy atom. The van der Waals surface area contributed by atoms with Gasteiger partial charge in [-0.15, -0.1) is 23.7 Å². The first-order valence-electron chi connectivity index (χ1n) is 5.51. The molecule has 4 nitrogen and oxygen atoms in total. The topological polar surface area (TPSA) is 51.0 Å². The molecule has 92 valence electrons. The summed E-state index contributed by atoms with van der Waals surface area (Å²) in [6.45, 7) is 1.11. The molecule has 0 spiro atoms. The van der Waals surface area contributed by atoms with Crippen molar-refractivity contribution in [1.29, 1.82) is 0 Å². The third-order valence-corrected chi connectivity index (χ3v) is 3.66. The van der Waals surface area contributed by atoms with Crippen molar-refractivity contribution >= 4 is 23.7 Å². The maximum Gasteiger partial charge on any atom is 0.228 e. The Bertz CT molecular complexity index is 451. The molecule has 1 saturated heterocycles. The quantitative estimate of drug-likeness (QED) is 0.932. The molecule has 2 aromatic rings. The number of nitrogens with one attached hydrogen (secondary N) is 1. The van der Waals surface area contributed by atoms with Crippen molar-refractivity contribution in [3.63, 3.8) is 0 Å². The molecule has 17 heavy (non-hydrogen) atoms. The van der Waals surface area contributed by atoms with E-state index in [-0.39, 0.29) is 12.4 Å². The van der Waals surface area contributed by atoms with E-state index < -0.39 is 0 Å². The van der Waals surface area contributed by atoms with Gasteiger partial charge < -0.3 is 9.84 Å². The van der Waals surface area contributed by atoms with E-state index in [2.05, 4.69) is 15.5 Å². The molecule has 0 bridgehead atoms. The van der Waals surface area contributed by atoms with E-state index in [1.807, 2.05) is 17.5 Å². The van der Waals surface area contributed by atoms with Gasteiger partial charge in [-0.25, -0.2) is 0 Å². The lowest BCUT2D eigenvalue weighted by Gasteiger charge is -2.04. The fraction of sp³-hybridized carbons (Fsp3) is 0.455. The van der Waals surface area contributed by atoms with Crippen LogP contribution >= 0.6 is 23.7 Å². The van der Waals surface area contributed by atoms with Crippen LogP contribution in [0.2, 0.25) is 0 Å². The summed E-state index contributed by atoms with van der Waals surface area (Å²) in [6, 6.07) is 4.51. The van der Waals surface area contributed by atoms with E-state index in [1.165, 1.54) is 12.8 Å². The first kappa shape index (κ1) is 12.5. The van der Waals surface area contributed by atoms with Crippen LogP contribution in [0.15, 0.2) is 22.0 Å². The highest BCUT2D eigenvalue weighted by Crippen LogP contribution is 2.22. The molecule has 1 aliphatic rings. The highest BCUT2D eigenvalue weighted by atomic mass is 35.5. The van der Waals surface area contributed by atoms with Gasteiger partial charge in [0, 0.05) is 12.5 Å². The van der Waals surface area contributed by atoms with Gasteiger partial charge in [0.25, 0.3) is 0 Å². The second-order valence-corrected chi connectivity index (χ2v) is 4.93. The van der Waals surface area contributed by atoms with E-state index in [1.54, 1.807) is 11.3 Å². The molecule has 6 heteroatoms. The fourth-order valence-corrected chi connectivity index (χ4v) is 2.63. The standard InChI is InChI=1S/C11H13N3OS.ClH/c1-3-8(12-5-1)7-10-13-11(14-15-10)9-4-2-6-16-9;/h2,4,6,8,12H,1,3,5,7H2;1H. The normalized spacial score (nSPS) is 19.2. The Labute approximate surface area is 110 Å². The summed E-state index contributed by atoms with van der Waals surface area (Å²) in [4.78, 5) is 5.47. The van der Waals surface area contributed by atoms with Gasteiger partial charge in [0.1, 0.15) is 0 Å². The summed E-state index contributed by atoms with van der Waals surface area (Å²) >= 11 is 1.63. The van der Waals surface area contributed by atoms with Crippen molar-refractivity contribution in [1.82, 2.24) is 15.5 Å². The van der Waals surface area contributed by atoms with Crippen LogP contribution in [0.4, 0.5) is 0 Å². The third kappa shape index (κ3) is 2.86. The predicted octanol–water partition coefficient (Wildman–Crippen LogP) is 2.51. The zero-order valence-electron chi connectivity index (χ0n) is 9.26. The Hall–Kier alpha value is -0.910. The average molecular weight is 272 g/mol. The van der Waals surface area contributed by atoms with Gasteiger partial charge in [-0.3, -0.25) is 0 Å². The van der Waals surface area contributed by atoms with Crippen LogP contribution in [-0.4, -0.2) is 22.7 Å². The van der Waals surface area contributed by atoms with Crippen LogP contribution in [0.1, 0.15) is 18.7 Å². The Morgan fingerprint density at radius 2 is 2.47 bits per heavy atom. The maximum atomic E-state index is 5.26. The van der Waals surface area contributed by atoms with Crippen LogP contribution in [-0.2, 0) is 6.42 Å². The SMILES string of the molecule is Cl.c1csc(-c2noc(CC3CCCN3)n2)c1. The van der Waals surface area contributed by atoms with E-state index in [0.717, 1.165) is 23.7 Å². The lowest BCUT2D eigenvalue weighted by molar-refractivity contribution is 0.364. The monoisotopic (exact) mass is 271 g/mol. The molecule has 1 fully saturated rings. The molecule has 0 amide bonds. The summed E-state index contributed by atoms with van der Waals surface area (Å²) in [5.41, 5.74) is 0. The van der Waals surface area contributed by atoms with Gasteiger partial charge in [0.05, 0.1) is 4.88 Å². The minimum atomic E-state index is 0. The van der Waals surface area contributed by atoms with E-state index in [0.29, 0.717) is 11.9 Å². The largest absolute Gasteiger partial charge is 0.339 e. The summed E-state index contributed by atoms with van der Waals surface area (Å²) in [5.74, 6) is 1.45. The molecular weight excluding hydrogens is 258 g/mol. The van der Waals surface area contributed by atoms with Gasteiger partial charge in [-0.05, 0) is 30.8 Å². The molecule has 1 unspecified atom stereocenters. The molecule has 0 saturated carbocycles. The minimum Gasteiger partial charge on any atom is -0.339 e. The van der Waals surface area contributed by atoms with Crippen LogP contribution in [0.3, 0.4) is 0 Å². The van der Waals surface area contributed by atoms with Gasteiger partial charge in [0.15, 0.2) is 0 Å². The van der Waals surface area contributed by atoms with Crippen molar-refractivity contribution in [3.8, 4) is 10.7 Å². The smallest absolute Gasteiger partial charge is 0.228 e. The van der Waals surface area contributed by atoms with Crippen LogP contribution < -0.4 is 5.32 Å². The van der Waals surface area contributed by atoms with Crippen LogP contribution in [0.5, 0.6) is 0 Å². The lowest BCUT2D eigenvalue weighted by Crippen LogP contribution is -2.23. The van der Waals surface area contributed by atoms with Gasteiger partial charge in [-0.2, -0.15) is 4.98 Å². The molecular formula is C11H14ClN3OS. The van der Waals surface area contributed by atoms with E-state index in [9.17, 15) is 0 Å². The number of halogens is 1. The van der Waals surface area contributed by atoms with Crippen molar-refractivity contribution in [2.75, 3.05) is 6.54 Å². The minimum absolute atomic E-state index is 0. The third-order valence-electron chi connectivity index (χ3n) is 2.79. The first-order valence-corrected chi connectivity index (χ1v) is 6.39. The molecule has 3 heterocycles. The molecule has 3 rings (SSSR count). The molecule has 1 aliphatic heterocycles. The van der Waals surface area contributed by atoms with Crippen molar-refractivity contribution < 1.29 is 4.52 Å². The number of aromatic nitrogens is 2. The van der Waals surface area contributed by atoms with Crippen molar-refractivity contribution in [3.05, 3.63) is 23.4 Å². The predicted molar refractivity (Wildman–Crippen MR) is 69.6 cm³/mol. The molecule has 1 atom stereocenters. The Kier molecular flexibility index (Phi) is 4.15. The lowest BCUT2D eigenvalue weighted by atomic mass is 10.1. The van der Waals surface area contributed by atoms with Crippen molar-refractivity contribution in [2.45, 2.75) is 25.3 Å². The molecule has 2 aromatic heterocycles. The second-order valence-electron chi connectivity index (χ2n) is 3.99. The Morgan fingerprint density at radius 1 is 1.53 bits per heavy atom. The van der Waals surface area contributed by atoms with Crippen molar-refractivity contribution in [2.24, 2.45) is 0 Å². The second kappa shape index (κ2) is 5.62. The van der Waals surface area contributed by atoms with E-state index in [4.69, 9.17) is 4.52 Å². The zero-order chi connectivity index (χ0) is 10.8. The Balaban J connectivity index is 0.00000108. The summed E-state index contributed by atoms with van der Waals surface area (Å²) in [7, 11) is 0. The summed E-state index contributed by atoms with van der Waals surface area (Å²) in [5, 5.41) is 9.44. The summed E-state index contributed by atoms with van der Waals surface area (Å²) in [6.07, 6.45) is 3.30. The van der Waals surface area contributed by atoms with Crippen LogP contribution in [0, 0.1) is 0 Å². The average Bonchev–Trinajstić information content (AvgIpc) is 2.99.